The van der Waals surface area contributed by atoms with E-state index in [9.17, 15) is 0 Å². The quantitative estimate of drug-likeness (QED) is 0.372. The number of hydrogen-bond acceptors (Lipinski definition) is 3. The Kier molecular flexibility index (Phi) is 5.79. The molecule has 0 radical (unpaired) electrons. The number of aliphatic hydroxyl groups is 1. The summed E-state index contributed by atoms with van der Waals surface area (Å²) in [7, 11) is 2.08. The summed E-state index contributed by atoms with van der Waals surface area (Å²) >= 11 is 0. The predicted molar refractivity (Wildman–Crippen MR) is 137 cm³/mol. The number of benzene rings is 1. The third kappa shape index (κ3) is 4.44. The van der Waals surface area contributed by atoms with E-state index in [4.69, 9.17) is 5.11 Å². The molecule has 1 aromatic carbocycles. The van der Waals surface area contributed by atoms with Crippen molar-refractivity contribution < 1.29 is 5.11 Å². The Morgan fingerprint density at radius 3 is 2.52 bits per heavy atom. The predicted octanol–water partition coefficient (Wildman–Crippen LogP) is 5.84. The fourth-order valence-electron chi connectivity index (χ4n) is 5.04. The standard InChI is InChI=1S/C24H28N4.C4H8O/c1-15(2)22-19-13-17(16-8-11-25-12-9-16)6-7-21(19)27-23(22)20-14-28(3)24-18(20)5-4-10-26-24;1-4(5)2-3-4/h4-7,10,13-16,25,27H,8-9,11-12H2,1-3H3;5H,2-3H2,1H3. The zero-order valence-electron chi connectivity index (χ0n) is 20.3. The summed E-state index contributed by atoms with van der Waals surface area (Å²) in [6, 6.07) is 11.3. The van der Waals surface area contributed by atoms with Gasteiger partial charge in [-0.1, -0.05) is 19.9 Å². The van der Waals surface area contributed by atoms with Gasteiger partial charge >= 0.3 is 0 Å². The van der Waals surface area contributed by atoms with Crippen molar-refractivity contribution in [2.45, 2.75) is 63.9 Å². The van der Waals surface area contributed by atoms with E-state index in [2.05, 4.69) is 71.2 Å². The van der Waals surface area contributed by atoms with Gasteiger partial charge < -0.3 is 20.0 Å². The highest BCUT2D eigenvalue weighted by molar-refractivity contribution is 5.99. The molecular formula is C28H36N4O. The first-order valence-electron chi connectivity index (χ1n) is 12.3. The highest BCUT2D eigenvalue weighted by Gasteiger charge is 2.33. The van der Waals surface area contributed by atoms with Gasteiger partial charge in [0.15, 0.2) is 0 Å². The Labute approximate surface area is 196 Å². The van der Waals surface area contributed by atoms with Crippen molar-refractivity contribution >= 4 is 21.9 Å². The summed E-state index contributed by atoms with van der Waals surface area (Å²) < 4.78 is 2.13. The van der Waals surface area contributed by atoms with Gasteiger partial charge in [-0.2, -0.15) is 0 Å². The summed E-state index contributed by atoms with van der Waals surface area (Å²) in [5.74, 6) is 1.12. The monoisotopic (exact) mass is 444 g/mol. The molecule has 2 aliphatic rings. The summed E-state index contributed by atoms with van der Waals surface area (Å²) in [5, 5.41) is 14.7. The smallest absolute Gasteiger partial charge is 0.140 e. The van der Waals surface area contributed by atoms with Crippen LogP contribution in [0.3, 0.4) is 0 Å². The number of rotatable bonds is 3. The van der Waals surface area contributed by atoms with Crippen LogP contribution in [0.25, 0.3) is 33.2 Å². The Balaban J connectivity index is 0.000000406. The van der Waals surface area contributed by atoms with Crippen LogP contribution < -0.4 is 5.32 Å². The lowest BCUT2D eigenvalue weighted by Crippen LogP contribution is -2.26. The number of fused-ring (bicyclic) bond motifs is 2. The van der Waals surface area contributed by atoms with Crippen molar-refractivity contribution in [3.8, 4) is 11.3 Å². The number of H-pyrrole nitrogens is 1. The Morgan fingerprint density at radius 1 is 1.12 bits per heavy atom. The Morgan fingerprint density at radius 2 is 1.85 bits per heavy atom. The minimum Gasteiger partial charge on any atom is -0.390 e. The van der Waals surface area contributed by atoms with Gasteiger partial charge in [0, 0.05) is 41.3 Å². The molecule has 0 spiro atoms. The Hall–Kier alpha value is -2.63. The van der Waals surface area contributed by atoms with E-state index < -0.39 is 0 Å². The lowest BCUT2D eigenvalue weighted by Gasteiger charge is -2.23. The second-order valence-corrected chi connectivity index (χ2v) is 10.4. The van der Waals surface area contributed by atoms with E-state index in [1.54, 1.807) is 0 Å². The number of nitrogens with zero attached hydrogens (tertiary/aromatic N) is 2. The minimum atomic E-state index is -0.250. The highest BCUT2D eigenvalue weighted by Crippen LogP contribution is 2.40. The molecule has 0 amide bonds. The molecular weight excluding hydrogens is 408 g/mol. The topological polar surface area (TPSA) is 65.9 Å². The van der Waals surface area contributed by atoms with E-state index in [0.717, 1.165) is 31.6 Å². The van der Waals surface area contributed by atoms with Crippen LogP contribution in [0, 0.1) is 0 Å². The first kappa shape index (κ1) is 22.2. The number of nitrogens with one attached hydrogen (secondary N) is 2. The summed E-state index contributed by atoms with van der Waals surface area (Å²) in [4.78, 5) is 8.32. The average Bonchev–Trinajstić information content (AvgIpc) is 3.24. The molecule has 1 aliphatic carbocycles. The van der Waals surface area contributed by atoms with Crippen LogP contribution in [0.1, 0.15) is 69.4 Å². The van der Waals surface area contributed by atoms with Crippen molar-refractivity contribution in [1.82, 2.24) is 19.9 Å². The van der Waals surface area contributed by atoms with Crippen LogP contribution in [0.4, 0.5) is 0 Å². The van der Waals surface area contributed by atoms with Crippen molar-refractivity contribution in [2.24, 2.45) is 7.05 Å². The lowest BCUT2D eigenvalue weighted by molar-refractivity contribution is 0.172. The van der Waals surface area contributed by atoms with Gasteiger partial charge in [-0.15, -0.1) is 0 Å². The van der Waals surface area contributed by atoms with E-state index in [-0.39, 0.29) is 5.60 Å². The van der Waals surface area contributed by atoms with Gasteiger partial charge in [0.05, 0.1) is 11.3 Å². The molecule has 1 aliphatic heterocycles. The maximum absolute atomic E-state index is 8.63. The van der Waals surface area contributed by atoms with Gasteiger partial charge in [0.25, 0.3) is 0 Å². The number of piperidine rings is 1. The molecule has 6 rings (SSSR count). The van der Waals surface area contributed by atoms with Crippen molar-refractivity contribution in [1.29, 1.82) is 0 Å². The number of hydrogen-bond donors (Lipinski definition) is 3. The van der Waals surface area contributed by atoms with Gasteiger partial charge in [-0.25, -0.2) is 4.98 Å². The van der Waals surface area contributed by atoms with E-state index >= 15 is 0 Å². The summed E-state index contributed by atoms with van der Waals surface area (Å²) in [5.41, 5.74) is 7.40. The first-order valence-corrected chi connectivity index (χ1v) is 12.3. The normalized spacial score (nSPS) is 18.0. The molecule has 2 fully saturated rings. The average molecular weight is 445 g/mol. The molecule has 0 atom stereocenters. The second kappa shape index (κ2) is 8.62. The van der Waals surface area contributed by atoms with Gasteiger partial charge in [0.1, 0.15) is 5.65 Å². The molecule has 0 bridgehead atoms. The molecule has 3 N–H and O–H groups in total. The van der Waals surface area contributed by atoms with E-state index in [0.29, 0.717) is 11.8 Å². The molecule has 174 valence electrons. The zero-order chi connectivity index (χ0) is 23.2. The second-order valence-electron chi connectivity index (χ2n) is 10.4. The Bertz CT molecular complexity index is 1270. The SMILES string of the molecule is CC(C)c1c(-c2cn(C)c3ncccc23)[nH]c2ccc(C3CCNCC3)cc12.CC1(O)CC1. The van der Waals surface area contributed by atoms with Crippen LogP contribution >= 0.6 is 0 Å². The largest absolute Gasteiger partial charge is 0.390 e. The number of aromatic amines is 1. The highest BCUT2D eigenvalue weighted by atomic mass is 16.3. The van der Waals surface area contributed by atoms with Crippen LogP contribution in [-0.4, -0.2) is 38.3 Å². The van der Waals surface area contributed by atoms with Crippen LogP contribution in [-0.2, 0) is 7.05 Å². The lowest BCUT2D eigenvalue weighted by atomic mass is 9.88. The number of aromatic nitrogens is 3. The van der Waals surface area contributed by atoms with Gasteiger partial charge in [0.2, 0.25) is 0 Å². The fourth-order valence-corrected chi connectivity index (χ4v) is 5.04. The molecule has 1 saturated heterocycles. The maximum Gasteiger partial charge on any atom is 0.140 e. The van der Waals surface area contributed by atoms with Crippen LogP contribution in [0.15, 0.2) is 42.7 Å². The zero-order valence-corrected chi connectivity index (χ0v) is 20.3. The number of aryl methyl sites for hydroxylation is 1. The van der Waals surface area contributed by atoms with Crippen LogP contribution in [0.5, 0.6) is 0 Å². The van der Waals surface area contributed by atoms with Crippen molar-refractivity contribution in [3.63, 3.8) is 0 Å². The third-order valence-corrected chi connectivity index (χ3v) is 7.23. The first-order chi connectivity index (χ1) is 15.8. The third-order valence-electron chi connectivity index (χ3n) is 7.23. The molecule has 5 heteroatoms. The van der Waals surface area contributed by atoms with E-state index in [1.165, 1.54) is 51.5 Å². The molecule has 33 heavy (non-hydrogen) atoms. The molecule has 4 heterocycles. The van der Waals surface area contributed by atoms with Gasteiger partial charge in [-0.05, 0) is 92.9 Å². The molecule has 5 nitrogen and oxygen atoms in total. The van der Waals surface area contributed by atoms with E-state index in [1.807, 2.05) is 19.2 Å². The van der Waals surface area contributed by atoms with Crippen molar-refractivity contribution in [2.75, 3.05) is 13.1 Å². The molecule has 0 unspecified atom stereocenters. The van der Waals surface area contributed by atoms with Crippen LogP contribution in [0.2, 0.25) is 0 Å². The fraction of sp³-hybridized carbons (Fsp3) is 0.464. The minimum absolute atomic E-state index is 0.250. The molecule has 1 saturated carbocycles. The summed E-state index contributed by atoms with van der Waals surface area (Å²) in [6.07, 6.45) is 8.55. The van der Waals surface area contributed by atoms with Gasteiger partial charge in [-0.3, -0.25) is 0 Å². The summed E-state index contributed by atoms with van der Waals surface area (Å²) in [6.45, 7) is 8.70. The maximum atomic E-state index is 8.63. The number of pyridine rings is 1. The molecule has 4 aromatic rings. The van der Waals surface area contributed by atoms with Crippen molar-refractivity contribution in [3.05, 3.63) is 53.9 Å². The molecule has 3 aromatic heterocycles.